The molecule has 0 unspecified atom stereocenters. The maximum atomic E-state index is 4.77. The molecule has 5 heteroatoms. The molecule has 2 heterocycles. The van der Waals surface area contributed by atoms with Gasteiger partial charge in [0, 0.05) is 35.8 Å². The molecule has 2 aromatic heterocycles. The number of hydrogen-bond acceptors (Lipinski definition) is 5. The molecule has 0 aliphatic heterocycles. The minimum Gasteiger partial charge on any atom is -0.351 e. The monoisotopic (exact) mass is 387 g/mol. The molecule has 0 radical (unpaired) electrons. The number of anilines is 3. The predicted octanol–water partition coefficient (Wildman–Crippen LogP) is 6.07. The maximum absolute atomic E-state index is 4.77. The van der Waals surface area contributed by atoms with Crippen LogP contribution in [0, 0.1) is 6.92 Å². The van der Waals surface area contributed by atoms with E-state index in [1.807, 2.05) is 18.2 Å². The second-order valence-corrected chi connectivity index (χ2v) is 8.17. The zero-order valence-electron chi connectivity index (χ0n) is 17.4. The van der Waals surface area contributed by atoms with Crippen LogP contribution in [-0.2, 0) is 0 Å². The Hall–Kier alpha value is -2.95. The molecule has 5 nitrogen and oxygen atoms in total. The average molecular weight is 388 g/mol. The van der Waals surface area contributed by atoms with E-state index in [1.54, 1.807) is 12.4 Å². The molecule has 2 N–H and O–H groups in total. The van der Waals surface area contributed by atoms with Gasteiger partial charge in [-0.15, -0.1) is 0 Å². The molecule has 0 bridgehead atoms. The highest BCUT2D eigenvalue weighted by molar-refractivity contribution is 5.67. The lowest BCUT2D eigenvalue weighted by atomic mass is 9.98. The molecule has 0 saturated heterocycles. The summed E-state index contributed by atoms with van der Waals surface area (Å²) < 4.78 is 0. The number of pyridine rings is 1. The quantitative estimate of drug-likeness (QED) is 0.537. The highest BCUT2D eigenvalue weighted by Gasteiger charge is 2.17. The summed E-state index contributed by atoms with van der Waals surface area (Å²) in [6.45, 7) is 6.61. The van der Waals surface area contributed by atoms with Crippen LogP contribution < -0.4 is 10.6 Å². The number of aryl methyl sites for hydroxylation is 1. The SMILES string of the molecule is Cc1cc(Nc2cc(-c3ccncc3)nc(NC3CCCC3)n2)ccc1C(C)C. The van der Waals surface area contributed by atoms with Crippen molar-refractivity contribution in [2.45, 2.75) is 58.4 Å². The third-order valence-electron chi connectivity index (χ3n) is 5.55. The highest BCUT2D eigenvalue weighted by Crippen LogP contribution is 2.28. The first-order chi connectivity index (χ1) is 14.1. The molecule has 1 saturated carbocycles. The number of hydrogen-bond donors (Lipinski definition) is 2. The summed E-state index contributed by atoms with van der Waals surface area (Å²) in [6, 6.07) is 12.9. The van der Waals surface area contributed by atoms with Gasteiger partial charge in [-0.1, -0.05) is 32.8 Å². The zero-order chi connectivity index (χ0) is 20.2. The summed E-state index contributed by atoms with van der Waals surface area (Å²) in [5.41, 5.74) is 5.63. The van der Waals surface area contributed by atoms with E-state index >= 15 is 0 Å². The van der Waals surface area contributed by atoms with Gasteiger partial charge in [0.05, 0.1) is 5.69 Å². The Labute approximate surface area is 173 Å². The van der Waals surface area contributed by atoms with E-state index in [4.69, 9.17) is 9.97 Å². The third-order valence-corrected chi connectivity index (χ3v) is 5.55. The molecule has 0 amide bonds. The second-order valence-electron chi connectivity index (χ2n) is 8.17. The van der Waals surface area contributed by atoms with E-state index in [0.29, 0.717) is 17.9 Å². The van der Waals surface area contributed by atoms with Gasteiger partial charge in [-0.3, -0.25) is 4.98 Å². The normalized spacial score (nSPS) is 14.3. The molecule has 1 fully saturated rings. The van der Waals surface area contributed by atoms with Gasteiger partial charge < -0.3 is 10.6 Å². The van der Waals surface area contributed by atoms with Crippen molar-refractivity contribution in [3.8, 4) is 11.3 Å². The molecule has 1 aliphatic rings. The second kappa shape index (κ2) is 8.60. The van der Waals surface area contributed by atoms with Crippen molar-refractivity contribution >= 4 is 17.5 Å². The number of nitrogens with one attached hydrogen (secondary N) is 2. The van der Waals surface area contributed by atoms with E-state index < -0.39 is 0 Å². The number of rotatable bonds is 6. The van der Waals surface area contributed by atoms with E-state index in [1.165, 1.54) is 36.8 Å². The van der Waals surface area contributed by atoms with E-state index in [2.05, 4.69) is 54.6 Å². The lowest BCUT2D eigenvalue weighted by molar-refractivity contribution is 0.744. The van der Waals surface area contributed by atoms with Gasteiger partial charge in [0.25, 0.3) is 0 Å². The van der Waals surface area contributed by atoms with Crippen LogP contribution in [0.5, 0.6) is 0 Å². The fraction of sp³-hybridized carbons (Fsp3) is 0.375. The van der Waals surface area contributed by atoms with Gasteiger partial charge in [-0.2, -0.15) is 4.98 Å². The van der Waals surface area contributed by atoms with E-state index in [-0.39, 0.29) is 0 Å². The molecular weight excluding hydrogens is 358 g/mol. The van der Waals surface area contributed by atoms with Crippen LogP contribution in [0.15, 0.2) is 48.8 Å². The average Bonchev–Trinajstić information content (AvgIpc) is 3.21. The van der Waals surface area contributed by atoms with Crippen LogP contribution >= 0.6 is 0 Å². The van der Waals surface area contributed by atoms with Gasteiger partial charge in [-0.25, -0.2) is 4.98 Å². The Morgan fingerprint density at radius 3 is 2.41 bits per heavy atom. The molecular formula is C24H29N5. The van der Waals surface area contributed by atoms with Gasteiger partial charge in [-0.05, 0) is 61.1 Å². The summed E-state index contributed by atoms with van der Waals surface area (Å²) in [6.07, 6.45) is 8.50. The number of aromatic nitrogens is 3. The standard InChI is InChI=1S/C24H29N5/c1-16(2)21-9-8-20(14-17(21)3)26-23-15-22(18-10-12-25-13-11-18)28-24(29-23)27-19-6-4-5-7-19/h8-16,19H,4-7H2,1-3H3,(H2,26,27,28,29). The Kier molecular flexibility index (Phi) is 5.74. The molecule has 4 rings (SSSR count). The molecule has 1 aromatic carbocycles. The Morgan fingerprint density at radius 2 is 1.72 bits per heavy atom. The minimum absolute atomic E-state index is 0.461. The van der Waals surface area contributed by atoms with Crippen LogP contribution in [0.2, 0.25) is 0 Å². The lowest BCUT2D eigenvalue weighted by Crippen LogP contribution is -2.17. The maximum Gasteiger partial charge on any atom is 0.225 e. The first-order valence-corrected chi connectivity index (χ1v) is 10.5. The Balaban J connectivity index is 1.65. The van der Waals surface area contributed by atoms with Crippen molar-refractivity contribution < 1.29 is 0 Å². The van der Waals surface area contributed by atoms with Crippen LogP contribution in [-0.4, -0.2) is 21.0 Å². The first kappa shape index (κ1) is 19.4. The van der Waals surface area contributed by atoms with Crippen molar-refractivity contribution in [2.24, 2.45) is 0 Å². The van der Waals surface area contributed by atoms with Crippen LogP contribution in [0.1, 0.15) is 56.6 Å². The van der Waals surface area contributed by atoms with Crippen molar-refractivity contribution in [1.29, 1.82) is 0 Å². The molecule has 3 aromatic rings. The zero-order valence-corrected chi connectivity index (χ0v) is 17.4. The highest BCUT2D eigenvalue weighted by atomic mass is 15.2. The topological polar surface area (TPSA) is 62.7 Å². The first-order valence-electron chi connectivity index (χ1n) is 10.5. The lowest BCUT2D eigenvalue weighted by Gasteiger charge is -2.16. The molecule has 1 aliphatic carbocycles. The minimum atomic E-state index is 0.461. The fourth-order valence-corrected chi connectivity index (χ4v) is 4.05. The van der Waals surface area contributed by atoms with Gasteiger partial charge in [0.2, 0.25) is 5.95 Å². The molecule has 29 heavy (non-hydrogen) atoms. The summed E-state index contributed by atoms with van der Waals surface area (Å²) in [7, 11) is 0. The van der Waals surface area contributed by atoms with Crippen LogP contribution in [0.3, 0.4) is 0 Å². The van der Waals surface area contributed by atoms with E-state index in [0.717, 1.165) is 22.8 Å². The van der Waals surface area contributed by atoms with Crippen molar-refractivity contribution in [3.05, 3.63) is 59.9 Å². The number of benzene rings is 1. The van der Waals surface area contributed by atoms with Gasteiger partial charge >= 0.3 is 0 Å². The smallest absolute Gasteiger partial charge is 0.225 e. The van der Waals surface area contributed by atoms with Crippen LogP contribution in [0.25, 0.3) is 11.3 Å². The van der Waals surface area contributed by atoms with Crippen molar-refractivity contribution in [1.82, 2.24) is 15.0 Å². The third kappa shape index (κ3) is 4.73. The van der Waals surface area contributed by atoms with Crippen LogP contribution in [0.4, 0.5) is 17.5 Å². The summed E-state index contributed by atoms with van der Waals surface area (Å²) in [5, 5.41) is 7.01. The van der Waals surface area contributed by atoms with Gasteiger partial charge in [0.15, 0.2) is 0 Å². The van der Waals surface area contributed by atoms with Crippen molar-refractivity contribution in [2.75, 3.05) is 10.6 Å². The molecule has 0 atom stereocenters. The summed E-state index contributed by atoms with van der Waals surface area (Å²) in [5.74, 6) is 2.00. The largest absolute Gasteiger partial charge is 0.351 e. The molecule has 150 valence electrons. The van der Waals surface area contributed by atoms with E-state index in [9.17, 15) is 0 Å². The molecule has 0 spiro atoms. The van der Waals surface area contributed by atoms with Gasteiger partial charge in [0.1, 0.15) is 5.82 Å². The van der Waals surface area contributed by atoms with Crippen molar-refractivity contribution in [3.63, 3.8) is 0 Å². The number of nitrogens with zero attached hydrogens (tertiary/aromatic N) is 3. The fourth-order valence-electron chi connectivity index (χ4n) is 4.05. The Morgan fingerprint density at radius 1 is 0.966 bits per heavy atom. The Bertz CT molecular complexity index is 962. The summed E-state index contributed by atoms with van der Waals surface area (Å²) >= 11 is 0. The summed E-state index contributed by atoms with van der Waals surface area (Å²) in [4.78, 5) is 13.7. The predicted molar refractivity (Wildman–Crippen MR) is 120 cm³/mol.